The predicted molar refractivity (Wildman–Crippen MR) is 83.0 cm³/mol. The lowest BCUT2D eigenvalue weighted by atomic mass is 10.2. The SMILES string of the molecule is NC(N)=NN=Cc1ccc(Oc2ccc(F)cc2)c([N+](=O)[O-])c1. The highest BCUT2D eigenvalue weighted by molar-refractivity contribution is 5.83. The molecule has 2 rings (SSSR count). The Hall–Kier alpha value is -3.49. The Morgan fingerprint density at radius 2 is 1.91 bits per heavy atom. The molecule has 0 aromatic heterocycles. The molecule has 0 radical (unpaired) electrons. The van der Waals surface area contributed by atoms with Crippen LogP contribution in [-0.2, 0) is 0 Å². The number of hydrogen-bond acceptors (Lipinski definition) is 5. The molecule has 0 fully saturated rings. The number of nitrogens with zero attached hydrogens (tertiary/aromatic N) is 3. The molecule has 0 spiro atoms. The minimum Gasteiger partial charge on any atom is -0.450 e. The summed E-state index contributed by atoms with van der Waals surface area (Å²) in [4.78, 5) is 10.6. The van der Waals surface area contributed by atoms with Crippen LogP contribution in [0.4, 0.5) is 10.1 Å². The molecule has 0 aliphatic rings. The fraction of sp³-hybridized carbons (Fsp3) is 0. The van der Waals surface area contributed by atoms with E-state index in [4.69, 9.17) is 16.2 Å². The minimum absolute atomic E-state index is 0.0144. The van der Waals surface area contributed by atoms with Gasteiger partial charge >= 0.3 is 5.69 Å². The number of nitro groups is 1. The van der Waals surface area contributed by atoms with Crippen LogP contribution in [0.1, 0.15) is 5.56 Å². The summed E-state index contributed by atoms with van der Waals surface area (Å²) in [5, 5.41) is 18.1. The lowest BCUT2D eigenvalue weighted by molar-refractivity contribution is -0.385. The molecule has 0 aliphatic heterocycles. The Bertz CT molecular complexity index is 770. The van der Waals surface area contributed by atoms with Crippen molar-refractivity contribution in [3.05, 3.63) is 64.0 Å². The van der Waals surface area contributed by atoms with E-state index in [0.717, 1.165) is 0 Å². The van der Waals surface area contributed by atoms with Gasteiger partial charge in [-0.05, 0) is 36.4 Å². The zero-order chi connectivity index (χ0) is 16.8. The molecule has 8 nitrogen and oxygen atoms in total. The van der Waals surface area contributed by atoms with Gasteiger partial charge in [-0.2, -0.15) is 5.10 Å². The van der Waals surface area contributed by atoms with Crippen LogP contribution in [0.25, 0.3) is 0 Å². The van der Waals surface area contributed by atoms with E-state index in [9.17, 15) is 14.5 Å². The molecule has 0 atom stereocenters. The van der Waals surface area contributed by atoms with E-state index in [2.05, 4.69) is 10.2 Å². The smallest absolute Gasteiger partial charge is 0.312 e. The van der Waals surface area contributed by atoms with Crippen molar-refractivity contribution in [3.8, 4) is 11.5 Å². The van der Waals surface area contributed by atoms with Crippen LogP contribution in [0.15, 0.2) is 52.7 Å². The second kappa shape index (κ2) is 6.98. The van der Waals surface area contributed by atoms with E-state index in [1.165, 1.54) is 48.7 Å². The number of halogens is 1. The lowest BCUT2D eigenvalue weighted by Gasteiger charge is -2.06. The zero-order valence-electron chi connectivity index (χ0n) is 11.7. The third-order valence-corrected chi connectivity index (χ3v) is 2.60. The molecule has 0 amide bonds. The van der Waals surface area contributed by atoms with Gasteiger partial charge in [0.2, 0.25) is 11.7 Å². The standard InChI is InChI=1S/C14H12FN5O3/c15-10-2-4-11(5-3-10)23-13-6-1-9(7-12(13)20(21)22)8-18-19-14(16)17/h1-8H,(H4,16,17,19). The van der Waals surface area contributed by atoms with Gasteiger partial charge in [-0.15, -0.1) is 5.10 Å². The fourth-order valence-corrected chi connectivity index (χ4v) is 1.64. The lowest BCUT2D eigenvalue weighted by Crippen LogP contribution is -2.21. The molecule has 0 saturated carbocycles. The molecular weight excluding hydrogens is 305 g/mol. The van der Waals surface area contributed by atoms with Crippen LogP contribution < -0.4 is 16.2 Å². The van der Waals surface area contributed by atoms with E-state index in [-0.39, 0.29) is 23.1 Å². The third kappa shape index (κ3) is 4.49. The number of hydrogen-bond donors (Lipinski definition) is 2. The van der Waals surface area contributed by atoms with Crippen molar-refractivity contribution in [1.29, 1.82) is 0 Å². The van der Waals surface area contributed by atoms with Crippen LogP contribution in [0.5, 0.6) is 11.5 Å². The van der Waals surface area contributed by atoms with Gasteiger partial charge in [-0.3, -0.25) is 10.1 Å². The number of rotatable bonds is 5. The molecular formula is C14H12FN5O3. The van der Waals surface area contributed by atoms with E-state index in [1.807, 2.05) is 0 Å². The second-order valence-electron chi connectivity index (χ2n) is 4.31. The van der Waals surface area contributed by atoms with E-state index in [0.29, 0.717) is 5.56 Å². The van der Waals surface area contributed by atoms with Gasteiger partial charge in [0.1, 0.15) is 11.6 Å². The number of guanidine groups is 1. The number of nitro benzene ring substituents is 1. The van der Waals surface area contributed by atoms with Gasteiger partial charge in [-0.1, -0.05) is 0 Å². The van der Waals surface area contributed by atoms with Gasteiger partial charge < -0.3 is 16.2 Å². The van der Waals surface area contributed by atoms with Crippen molar-refractivity contribution in [2.45, 2.75) is 0 Å². The Kier molecular flexibility index (Phi) is 4.82. The molecule has 0 aliphatic carbocycles. The van der Waals surface area contributed by atoms with Crippen LogP contribution >= 0.6 is 0 Å². The summed E-state index contributed by atoms with van der Waals surface area (Å²) in [6.45, 7) is 0. The second-order valence-corrected chi connectivity index (χ2v) is 4.31. The van der Waals surface area contributed by atoms with Crippen LogP contribution in [0, 0.1) is 15.9 Å². The highest BCUT2D eigenvalue weighted by Crippen LogP contribution is 2.31. The Labute approximate surface area is 130 Å². The fourth-order valence-electron chi connectivity index (χ4n) is 1.64. The molecule has 9 heteroatoms. The highest BCUT2D eigenvalue weighted by atomic mass is 19.1. The van der Waals surface area contributed by atoms with Crippen LogP contribution in [0.2, 0.25) is 0 Å². The number of benzene rings is 2. The Morgan fingerprint density at radius 3 is 2.52 bits per heavy atom. The van der Waals surface area contributed by atoms with Crippen molar-refractivity contribution < 1.29 is 14.1 Å². The molecule has 2 aromatic rings. The molecule has 0 saturated heterocycles. The van der Waals surface area contributed by atoms with Gasteiger partial charge in [-0.25, -0.2) is 4.39 Å². The minimum atomic E-state index is -0.600. The van der Waals surface area contributed by atoms with Gasteiger partial charge in [0, 0.05) is 11.6 Å². The van der Waals surface area contributed by atoms with Crippen molar-refractivity contribution >= 4 is 17.9 Å². The maximum Gasteiger partial charge on any atom is 0.312 e. The molecule has 2 aromatic carbocycles. The molecule has 23 heavy (non-hydrogen) atoms. The summed E-state index contributed by atoms with van der Waals surface area (Å²) in [5.74, 6) is -0.373. The summed E-state index contributed by atoms with van der Waals surface area (Å²) in [6.07, 6.45) is 1.26. The number of nitrogens with two attached hydrogens (primary N) is 2. The first-order valence-corrected chi connectivity index (χ1v) is 6.29. The monoisotopic (exact) mass is 317 g/mol. The molecule has 4 N–H and O–H groups in total. The first-order chi connectivity index (χ1) is 11.0. The topological polar surface area (TPSA) is 129 Å². The third-order valence-electron chi connectivity index (χ3n) is 2.60. The average Bonchev–Trinajstić information content (AvgIpc) is 2.50. The largest absolute Gasteiger partial charge is 0.450 e. The summed E-state index contributed by atoms with van der Waals surface area (Å²) >= 11 is 0. The highest BCUT2D eigenvalue weighted by Gasteiger charge is 2.16. The molecule has 118 valence electrons. The van der Waals surface area contributed by atoms with Gasteiger partial charge in [0.05, 0.1) is 11.1 Å². The normalized spacial score (nSPS) is 10.5. The summed E-state index contributed by atoms with van der Waals surface area (Å²) in [7, 11) is 0. The van der Waals surface area contributed by atoms with Gasteiger partial charge in [0.25, 0.3) is 0 Å². The predicted octanol–water partition coefficient (Wildman–Crippen LogP) is 2.13. The average molecular weight is 317 g/mol. The summed E-state index contributed by atoms with van der Waals surface area (Å²) in [5.41, 5.74) is 10.4. The van der Waals surface area contributed by atoms with Crippen molar-refractivity contribution in [2.75, 3.05) is 0 Å². The van der Waals surface area contributed by atoms with Crippen LogP contribution in [-0.4, -0.2) is 17.1 Å². The Morgan fingerprint density at radius 1 is 1.22 bits per heavy atom. The van der Waals surface area contributed by atoms with E-state index in [1.54, 1.807) is 0 Å². The Balaban J connectivity index is 2.29. The maximum absolute atomic E-state index is 12.9. The zero-order valence-corrected chi connectivity index (χ0v) is 11.7. The molecule has 0 bridgehead atoms. The van der Waals surface area contributed by atoms with Gasteiger partial charge in [0.15, 0.2) is 0 Å². The van der Waals surface area contributed by atoms with E-state index < -0.39 is 10.7 Å². The summed E-state index contributed by atoms with van der Waals surface area (Å²) < 4.78 is 18.3. The van der Waals surface area contributed by atoms with Crippen molar-refractivity contribution in [1.82, 2.24) is 0 Å². The molecule has 0 heterocycles. The van der Waals surface area contributed by atoms with Crippen molar-refractivity contribution in [3.63, 3.8) is 0 Å². The first-order valence-electron chi connectivity index (χ1n) is 6.29. The quantitative estimate of drug-likeness (QED) is 0.377. The van der Waals surface area contributed by atoms with Crippen LogP contribution in [0.3, 0.4) is 0 Å². The van der Waals surface area contributed by atoms with E-state index >= 15 is 0 Å². The number of ether oxygens (including phenoxy) is 1. The maximum atomic E-state index is 12.9. The molecule has 0 unspecified atom stereocenters. The van der Waals surface area contributed by atoms with Crippen molar-refractivity contribution in [2.24, 2.45) is 21.7 Å². The summed E-state index contributed by atoms with van der Waals surface area (Å²) in [6, 6.07) is 9.32. The first kappa shape index (κ1) is 15.9.